The van der Waals surface area contributed by atoms with Gasteiger partial charge in [-0.1, -0.05) is 12.1 Å². The third-order valence-corrected chi connectivity index (χ3v) is 5.74. The Kier molecular flexibility index (Phi) is 5.15. The first-order valence-corrected chi connectivity index (χ1v) is 9.85. The fourth-order valence-electron chi connectivity index (χ4n) is 3.82. The Bertz CT molecular complexity index is 985. The number of nitrogens with zero attached hydrogens (tertiary/aromatic N) is 3. The van der Waals surface area contributed by atoms with Crippen LogP contribution in [-0.2, 0) is 0 Å². The predicted octanol–water partition coefficient (Wildman–Crippen LogP) is 3.45. The highest BCUT2D eigenvalue weighted by atomic mass is 32.1. The molecule has 5 nitrogen and oxygen atoms in total. The number of rotatable bonds is 5. The van der Waals surface area contributed by atoms with Gasteiger partial charge in [-0.3, -0.25) is 4.98 Å². The fourth-order valence-corrected chi connectivity index (χ4v) is 4.15. The molecule has 0 bridgehead atoms. The number of benzene rings is 1. The van der Waals surface area contributed by atoms with E-state index in [0.717, 1.165) is 17.1 Å². The summed E-state index contributed by atoms with van der Waals surface area (Å²) in [5, 5.41) is 13.7. The van der Waals surface area contributed by atoms with E-state index < -0.39 is 0 Å². The first-order chi connectivity index (χ1) is 13.6. The first-order valence-electron chi connectivity index (χ1n) is 9.44. The lowest BCUT2D eigenvalue weighted by atomic mass is 10.0. The zero-order valence-electron chi connectivity index (χ0n) is 16.0. The van der Waals surface area contributed by atoms with Gasteiger partial charge in [0.25, 0.3) is 0 Å². The maximum absolute atomic E-state index is 9.62. The van der Waals surface area contributed by atoms with E-state index in [1.807, 2.05) is 18.2 Å². The number of hydrogen-bond acceptors (Lipinski definition) is 3. The molecule has 1 fully saturated rings. The molecule has 1 aliphatic heterocycles. The van der Waals surface area contributed by atoms with Crippen LogP contribution in [0.3, 0.4) is 0 Å². The smallest absolute Gasteiger partial charge is 0.170 e. The fraction of sp³-hybridized carbons (Fsp3) is 0.273. The Morgan fingerprint density at radius 3 is 2.68 bits per heavy atom. The van der Waals surface area contributed by atoms with Crippen LogP contribution in [0, 0.1) is 13.8 Å². The van der Waals surface area contributed by atoms with E-state index >= 15 is 0 Å². The molecule has 1 aliphatic rings. The maximum Gasteiger partial charge on any atom is 0.170 e. The van der Waals surface area contributed by atoms with E-state index in [9.17, 15) is 5.11 Å². The summed E-state index contributed by atoms with van der Waals surface area (Å²) < 4.78 is 2.20. The molecule has 0 spiro atoms. The van der Waals surface area contributed by atoms with Gasteiger partial charge in [-0.05, 0) is 73.6 Å². The summed E-state index contributed by atoms with van der Waals surface area (Å²) in [6.45, 7) is 4.76. The number of nitrogens with one attached hydrogen (secondary N) is 1. The number of thiocarbonyl (C=S) groups is 1. The summed E-state index contributed by atoms with van der Waals surface area (Å²) in [6, 6.07) is 16.4. The van der Waals surface area contributed by atoms with Crippen LogP contribution in [0.4, 0.5) is 0 Å². The highest BCUT2D eigenvalue weighted by molar-refractivity contribution is 7.80. The molecular weight excluding hydrogens is 368 g/mol. The molecule has 2 atom stereocenters. The SMILES string of the molecule is Cc1ccc(-n2cccc2[C@H]2[C@@H](c3ccccn3)NC(=S)N2CCO)cc1C. The minimum Gasteiger partial charge on any atom is -0.395 e. The normalized spacial score (nSPS) is 19.1. The lowest BCUT2D eigenvalue weighted by Crippen LogP contribution is -2.32. The van der Waals surface area contributed by atoms with Crippen molar-refractivity contribution in [2.24, 2.45) is 0 Å². The molecular formula is C22H24N4OS. The average molecular weight is 393 g/mol. The lowest BCUT2D eigenvalue weighted by molar-refractivity contribution is 0.220. The van der Waals surface area contributed by atoms with Crippen molar-refractivity contribution in [3.05, 3.63) is 83.4 Å². The van der Waals surface area contributed by atoms with Gasteiger partial charge in [0.15, 0.2) is 5.11 Å². The number of aryl methyl sites for hydroxylation is 2. The van der Waals surface area contributed by atoms with Crippen LogP contribution in [0.5, 0.6) is 0 Å². The van der Waals surface area contributed by atoms with Crippen molar-refractivity contribution in [2.45, 2.75) is 25.9 Å². The van der Waals surface area contributed by atoms with Gasteiger partial charge < -0.3 is 19.9 Å². The molecule has 6 heteroatoms. The molecule has 1 aromatic carbocycles. The van der Waals surface area contributed by atoms with Gasteiger partial charge >= 0.3 is 0 Å². The van der Waals surface area contributed by atoms with Crippen molar-refractivity contribution in [3.8, 4) is 5.69 Å². The van der Waals surface area contributed by atoms with Crippen LogP contribution in [0.1, 0.15) is 34.6 Å². The van der Waals surface area contributed by atoms with Gasteiger partial charge in [0, 0.05) is 30.3 Å². The third-order valence-electron chi connectivity index (χ3n) is 5.39. The molecule has 3 heterocycles. The summed E-state index contributed by atoms with van der Waals surface area (Å²) >= 11 is 5.60. The number of aliphatic hydroxyl groups is 1. The summed E-state index contributed by atoms with van der Waals surface area (Å²) in [7, 11) is 0. The van der Waals surface area contributed by atoms with Gasteiger partial charge in [0.2, 0.25) is 0 Å². The van der Waals surface area contributed by atoms with Crippen LogP contribution in [0.2, 0.25) is 0 Å². The van der Waals surface area contributed by atoms with Gasteiger partial charge in [-0.25, -0.2) is 0 Å². The van der Waals surface area contributed by atoms with Crippen LogP contribution < -0.4 is 5.32 Å². The second-order valence-electron chi connectivity index (χ2n) is 7.12. The van der Waals surface area contributed by atoms with Crippen LogP contribution in [0.15, 0.2) is 60.9 Å². The molecule has 3 aromatic rings. The molecule has 1 saturated heterocycles. The average Bonchev–Trinajstić information content (AvgIpc) is 3.30. The number of aromatic nitrogens is 2. The Labute approximate surface area is 170 Å². The Morgan fingerprint density at radius 1 is 1.11 bits per heavy atom. The number of pyridine rings is 1. The Morgan fingerprint density at radius 2 is 1.96 bits per heavy atom. The molecule has 0 saturated carbocycles. The molecule has 28 heavy (non-hydrogen) atoms. The summed E-state index contributed by atoms with van der Waals surface area (Å²) in [5.41, 5.74) is 5.69. The Hall–Kier alpha value is -2.70. The van der Waals surface area contributed by atoms with Crippen molar-refractivity contribution in [1.82, 2.24) is 19.8 Å². The monoisotopic (exact) mass is 392 g/mol. The number of aliphatic hydroxyl groups excluding tert-OH is 1. The molecule has 144 valence electrons. The maximum atomic E-state index is 9.62. The van der Waals surface area contributed by atoms with Crippen molar-refractivity contribution < 1.29 is 5.11 Å². The molecule has 2 N–H and O–H groups in total. The van der Waals surface area contributed by atoms with E-state index in [2.05, 4.69) is 70.1 Å². The summed E-state index contributed by atoms with van der Waals surface area (Å²) in [4.78, 5) is 6.61. The van der Waals surface area contributed by atoms with Crippen molar-refractivity contribution in [1.29, 1.82) is 0 Å². The van der Waals surface area contributed by atoms with Gasteiger partial charge in [-0.15, -0.1) is 0 Å². The highest BCUT2D eigenvalue weighted by Crippen LogP contribution is 2.39. The lowest BCUT2D eigenvalue weighted by Gasteiger charge is -2.28. The van der Waals surface area contributed by atoms with E-state index in [1.165, 1.54) is 11.1 Å². The molecule has 0 aliphatic carbocycles. The largest absolute Gasteiger partial charge is 0.395 e. The van der Waals surface area contributed by atoms with E-state index in [4.69, 9.17) is 12.2 Å². The minimum absolute atomic E-state index is 0.0393. The van der Waals surface area contributed by atoms with E-state index in [0.29, 0.717) is 11.7 Å². The van der Waals surface area contributed by atoms with Gasteiger partial charge in [0.05, 0.1) is 24.4 Å². The Balaban J connectivity index is 1.81. The first kappa shape index (κ1) is 18.7. The number of β-amino-alcohol motifs (C(OH)–C–C–N with tert-alkyl or cyclic N) is 1. The van der Waals surface area contributed by atoms with E-state index in [1.54, 1.807) is 6.20 Å². The summed E-state index contributed by atoms with van der Waals surface area (Å²) in [5.74, 6) is 0. The van der Waals surface area contributed by atoms with E-state index in [-0.39, 0.29) is 18.7 Å². The van der Waals surface area contributed by atoms with Crippen molar-refractivity contribution >= 4 is 17.3 Å². The van der Waals surface area contributed by atoms with Crippen LogP contribution in [-0.4, -0.2) is 37.8 Å². The zero-order valence-corrected chi connectivity index (χ0v) is 16.9. The second kappa shape index (κ2) is 7.73. The standard InChI is InChI=1S/C22H24N4OS/c1-15-8-9-17(14-16(15)2)25-11-5-7-19(25)21-20(18-6-3-4-10-23-18)24-22(28)26(21)12-13-27/h3-11,14,20-21,27H,12-13H2,1-2H3,(H,24,28)/t20-,21+/m1/s1. The van der Waals surface area contributed by atoms with Crippen molar-refractivity contribution in [3.63, 3.8) is 0 Å². The molecule has 0 amide bonds. The number of hydrogen-bond donors (Lipinski definition) is 2. The summed E-state index contributed by atoms with van der Waals surface area (Å²) in [6.07, 6.45) is 3.88. The molecule has 4 rings (SSSR count). The van der Waals surface area contributed by atoms with Crippen molar-refractivity contribution in [2.75, 3.05) is 13.2 Å². The van der Waals surface area contributed by atoms with Gasteiger partial charge in [0.1, 0.15) is 0 Å². The molecule has 2 aromatic heterocycles. The second-order valence-corrected chi connectivity index (χ2v) is 7.50. The van der Waals surface area contributed by atoms with Gasteiger partial charge in [-0.2, -0.15) is 0 Å². The topological polar surface area (TPSA) is 53.3 Å². The zero-order chi connectivity index (χ0) is 19.7. The molecule has 0 radical (unpaired) electrons. The quantitative estimate of drug-likeness (QED) is 0.652. The predicted molar refractivity (Wildman–Crippen MR) is 114 cm³/mol. The highest BCUT2D eigenvalue weighted by Gasteiger charge is 2.40. The molecule has 0 unspecified atom stereocenters. The minimum atomic E-state index is -0.0829. The van der Waals surface area contributed by atoms with Crippen LogP contribution >= 0.6 is 12.2 Å². The third kappa shape index (κ3) is 3.30. The van der Waals surface area contributed by atoms with Crippen LogP contribution in [0.25, 0.3) is 5.69 Å².